The summed E-state index contributed by atoms with van der Waals surface area (Å²) in [5, 5.41) is 80.7. The van der Waals surface area contributed by atoms with Gasteiger partial charge in [-0.1, -0.05) is 6.08 Å². The van der Waals surface area contributed by atoms with E-state index < -0.39 is 67.1 Å². The lowest BCUT2D eigenvalue weighted by atomic mass is 9.98. The Balaban J connectivity index is 0.00000115. The Bertz CT molecular complexity index is 916. The van der Waals surface area contributed by atoms with E-state index in [1.807, 2.05) is 0 Å². The van der Waals surface area contributed by atoms with Crippen LogP contribution in [0.3, 0.4) is 0 Å². The predicted molar refractivity (Wildman–Crippen MR) is 117 cm³/mol. The number of carbonyl (C=O) groups is 4. The first-order chi connectivity index (χ1) is 16.7. The van der Waals surface area contributed by atoms with E-state index in [1.54, 1.807) is 0 Å². The van der Waals surface area contributed by atoms with E-state index in [9.17, 15) is 44.7 Å². The topological polar surface area (TPSA) is 269 Å². The quantitative estimate of drug-likeness (QED) is 0.0920. The number of Topliss-reactive ketones (excluding diaryl/α,β-unsaturated/α-hetero) is 1. The molecule has 15 heteroatoms. The molecule has 0 fully saturated rings. The number of methoxy groups -OCH3 is 2. The van der Waals surface area contributed by atoms with Gasteiger partial charge in [0.2, 0.25) is 17.3 Å². The summed E-state index contributed by atoms with van der Waals surface area (Å²) in [4.78, 5) is 43.2. The lowest BCUT2D eigenvalue weighted by Crippen LogP contribution is -2.49. The van der Waals surface area contributed by atoms with Crippen molar-refractivity contribution in [3.63, 3.8) is 0 Å². The summed E-state index contributed by atoms with van der Waals surface area (Å²) in [5.74, 6) is -5.61. The number of carboxylic acid groups (broad SMARTS) is 2. The number of aliphatic carboxylic acids is 2. The first kappa shape index (κ1) is 32.4. The van der Waals surface area contributed by atoms with Crippen LogP contribution in [0.5, 0.6) is 17.2 Å². The van der Waals surface area contributed by atoms with Gasteiger partial charge >= 0.3 is 11.9 Å². The molecular formula is C21H28O15. The summed E-state index contributed by atoms with van der Waals surface area (Å²) in [6.07, 6.45) is -8.87. The number of hydrogen-bond donors (Lipinski definition) is 9. The predicted octanol–water partition coefficient (Wildman–Crippen LogP) is -3.10. The van der Waals surface area contributed by atoms with Crippen LogP contribution in [0.2, 0.25) is 0 Å². The number of ether oxygens (including phenoxy) is 2. The van der Waals surface area contributed by atoms with Crippen molar-refractivity contribution in [1.82, 2.24) is 0 Å². The maximum atomic E-state index is 11.9. The van der Waals surface area contributed by atoms with Crippen molar-refractivity contribution < 1.29 is 74.6 Å². The second-order valence-corrected chi connectivity index (χ2v) is 6.96. The lowest BCUT2D eigenvalue weighted by molar-refractivity contribution is -0.152. The average Bonchev–Trinajstić information content (AvgIpc) is 2.85. The van der Waals surface area contributed by atoms with Crippen molar-refractivity contribution in [3.05, 3.63) is 23.8 Å². The third-order valence-corrected chi connectivity index (χ3v) is 4.35. The summed E-state index contributed by atoms with van der Waals surface area (Å²) < 4.78 is 9.90. The maximum Gasteiger partial charge on any atom is 0.333 e. The van der Waals surface area contributed by atoms with Crippen LogP contribution in [0, 0.1) is 0 Å². The number of ketones is 2. The van der Waals surface area contributed by atoms with Crippen molar-refractivity contribution in [1.29, 1.82) is 0 Å². The van der Waals surface area contributed by atoms with Crippen LogP contribution >= 0.6 is 0 Å². The molecule has 0 aromatic heterocycles. The first-order valence-corrected chi connectivity index (χ1v) is 9.88. The van der Waals surface area contributed by atoms with Gasteiger partial charge in [-0.3, -0.25) is 14.4 Å². The van der Waals surface area contributed by atoms with Gasteiger partial charge in [-0.2, -0.15) is 0 Å². The Morgan fingerprint density at radius 2 is 1.42 bits per heavy atom. The maximum absolute atomic E-state index is 11.9. The number of phenolic OH excluding ortho intramolecular Hbond substituents is 1. The molecule has 0 aliphatic heterocycles. The number of benzene rings is 1. The van der Waals surface area contributed by atoms with E-state index in [4.69, 9.17) is 29.9 Å². The van der Waals surface area contributed by atoms with E-state index >= 15 is 0 Å². The molecule has 1 rings (SSSR count). The van der Waals surface area contributed by atoms with Gasteiger partial charge in [-0.05, 0) is 23.8 Å². The molecule has 0 bridgehead atoms. The molecule has 5 atom stereocenters. The van der Waals surface area contributed by atoms with Gasteiger partial charge < -0.3 is 55.4 Å². The molecule has 9 N–H and O–H groups in total. The van der Waals surface area contributed by atoms with E-state index in [-0.39, 0.29) is 17.2 Å². The van der Waals surface area contributed by atoms with Crippen molar-refractivity contribution in [2.24, 2.45) is 0 Å². The Kier molecular flexibility index (Phi) is 13.9. The zero-order valence-corrected chi connectivity index (χ0v) is 19.1. The molecule has 0 spiro atoms. The van der Waals surface area contributed by atoms with Gasteiger partial charge in [-0.15, -0.1) is 0 Å². The largest absolute Gasteiger partial charge is 0.502 e. The van der Waals surface area contributed by atoms with Gasteiger partial charge in [0.25, 0.3) is 0 Å². The molecule has 1 aromatic rings. The lowest BCUT2D eigenvalue weighted by Gasteiger charge is -2.24. The highest BCUT2D eigenvalue weighted by Gasteiger charge is 2.36. The van der Waals surface area contributed by atoms with Crippen LogP contribution in [0.4, 0.5) is 0 Å². The second-order valence-electron chi connectivity index (χ2n) is 6.96. The minimum atomic E-state index is -2.30. The minimum Gasteiger partial charge on any atom is -0.502 e. The van der Waals surface area contributed by atoms with E-state index in [0.717, 1.165) is 6.08 Å². The number of rotatable bonds is 13. The fourth-order valence-electron chi connectivity index (χ4n) is 2.34. The van der Waals surface area contributed by atoms with Crippen molar-refractivity contribution >= 4 is 29.6 Å². The van der Waals surface area contributed by atoms with Gasteiger partial charge in [0, 0.05) is 0 Å². The number of allylic oxidation sites excluding steroid dienone is 1. The van der Waals surface area contributed by atoms with Crippen molar-refractivity contribution in [3.8, 4) is 17.2 Å². The number of aliphatic hydroxyl groups is 6. The van der Waals surface area contributed by atoms with Crippen LogP contribution in [0.15, 0.2) is 18.2 Å². The third kappa shape index (κ3) is 9.95. The molecule has 1 unspecified atom stereocenters. The summed E-state index contributed by atoms with van der Waals surface area (Å²) in [5.41, 5.74) is 0.327. The van der Waals surface area contributed by atoms with E-state index in [1.165, 1.54) is 32.4 Å². The number of carboxylic acids is 2. The van der Waals surface area contributed by atoms with E-state index in [0.29, 0.717) is 5.56 Å². The monoisotopic (exact) mass is 520 g/mol. The number of carbonyl (C=O) groups excluding carboxylic acids is 2. The van der Waals surface area contributed by atoms with Gasteiger partial charge in [0.15, 0.2) is 17.6 Å². The van der Waals surface area contributed by atoms with Crippen LogP contribution in [0.1, 0.15) is 12.0 Å². The fourth-order valence-corrected chi connectivity index (χ4v) is 2.34. The SMILES string of the molecule is COc1cc(/C=C/C(=O)C(=O)[C@H](O)[C@@H](O)[C@H](O)[C@H](O)CO)cc(OC)c1O.O=C(O)CC(O)C(=O)O. The Morgan fingerprint density at radius 1 is 0.917 bits per heavy atom. The van der Waals surface area contributed by atoms with Crippen LogP contribution in [-0.4, -0.2) is 121 Å². The summed E-state index contributed by atoms with van der Waals surface area (Å²) in [7, 11) is 2.61. The molecule has 202 valence electrons. The zero-order valence-electron chi connectivity index (χ0n) is 19.1. The number of aromatic hydroxyl groups is 1. The highest BCUT2D eigenvalue weighted by molar-refractivity contribution is 6.43. The second kappa shape index (κ2) is 15.4. The van der Waals surface area contributed by atoms with Crippen molar-refractivity contribution in [2.45, 2.75) is 36.9 Å². The minimum absolute atomic E-state index is 0.0596. The van der Waals surface area contributed by atoms with Gasteiger partial charge in [0.1, 0.15) is 24.4 Å². The Labute approximate surface area is 203 Å². The molecule has 15 nitrogen and oxygen atoms in total. The summed E-state index contributed by atoms with van der Waals surface area (Å²) >= 11 is 0. The number of aliphatic hydroxyl groups excluding tert-OH is 6. The Morgan fingerprint density at radius 3 is 1.78 bits per heavy atom. The van der Waals surface area contributed by atoms with Crippen molar-refractivity contribution in [2.75, 3.05) is 20.8 Å². The highest BCUT2D eigenvalue weighted by atomic mass is 16.5. The van der Waals surface area contributed by atoms with E-state index in [2.05, 4.69) is 0 Å². The smallest absolute Gasteiger partial charge is 0.333 e. The molecule has 0 saturated heterocycles. The number of phenols is 1. The van der Waals surface area contributed by atoms with Crippen LogP contribution < -0.4 is 9.47 Å². The summed E-state index contributed by atoms with van der Waals surface area (Å²) in [6, 6.07) is 2.72. The molecule has 0 amide bonds. The van der Waals surface area contributed by atoms with Gasteiger partial charge in [-0.25, -0.2) is 4.79 Å². The molecule has 36 heavy (non-hydrogen) atoms. The number of hydrogen-bond acceptors (Lipinski definition) is 13. The molecule has 0 radical (unpaired) electrons. The normalized spacial score (nSPS) is 15.0. The van der Waals surface area contributed by atoms with Gasteiger partial charge in [0.05, 0.1) is 27.2 Å². The highest BCUT2D eigenvalue weighted by Crippen LogP contribution is 2.37. The molecule has 1 aromatic carbocycles. The standard InChI is InChI=1S/C17H22O10.C4H6O5/c1-26-11-5-8(6-12(27-2)15(11)23)3-4-9(19)13(21)16(24)17(25)14(22)10(20)7-18;5-2(4(8)9)1-3(6)7/h3-6,10,14,16-18,20,22-25H,7H2,1-2H3;2,5H,1H2,(H,6,7)(H,8,9)/b4-3+;/t10-,14-,16+,17+;/m1./s1. The van der Waals surface area contributed by atoms with Crippen LogP contribution in [0.25, 0.3) is 6.08 Å². The zero-order chi connectivity index (χ0) is 28.2. The third-order valence-electron chi connectivity index (χ3n) is 4.35. The molecular weight excluding hydrogens is 492 g/mol. The molecule has 0 aliphatic rings. The van der Waals surface area contributed by atoms with Crippen LogP contribution in [-0.2, 0) is 19.2 Å². The Hall–Kier alpha value is -3.60. The molecule has 0 saturated carbocycles. The average molecular weight is 520 g/mol. The first-order valence-electron chi connectivity index (χ1n) is 9.88. The fraction of sp³-hybridized carbons (Fsp3) is 0.429. The molecule has 0 aliphatic carbocycles. The molecule has 0 heterocycles. The summed E-state index contributed by atoms with van der Waals surface area (Å²) in [6.45, 7) is -0.919.